The number of hydrogen-bond acceptors (Lipinski definition) is 2. The van der Waals surface area contributed by atoms with Crippen LogP contribution in [0, 0.1) is 0 Å². The van der Waals surface area contributed by atoms with Crippen LogP contribution < -0.4 is 0 Å². The molecule has 0 fully saturated rings. The molecule has 0 N–H and O–H groups in total. The van der Waals surface area contributed by atoms with E-state index in [4.69, 9.17) is 5.53 Å². The third-order valence-electron chi connectivity index (χ3n) is 1.17. The van der Waals surface area contributed by atoms with Gasteiger partial charge in [-0.15, -0.1) is 0 Å². The van der Waals surface area contributed by atoms with Gasteiger partial charge in [0.05, 0.1) is 0 Å². The quantitative estimate of drug-likeness (QED) is 0.340. The molecule has 0 aromatic carbocycles. The first-order valence-electron chi connectivity index (χ1n) is 2.72. The molecule has 50 valence electrons. The van der Waals surface area contributed by atoms with Gasteiger partial charge in [-0.3, -0.25) is 9.59 Å². The van der Waals surface area contributed by atoms with Crippen molar-refractivity contribution in [2.24, 2.45) is 0 Å². The molecule has 0 saturated carbocycles. The molecule has 0 aliphatic heterocycles. The Kier molecular flexibility index (Phi) is 1.56. The fraction of sp³-hybridized carbons (Fsp3) is 0.167. The van der Waals surface area contributed by atoms with E-state index in [-0.39, 0.29) is 12.1 Å². The number of nitrogens with zero attached hydrogens (tertiary/aromatic N) is 2. The van der Waals surface area contributed by atoms with E-state index in [1.54, 1.807) is 0 Å². The van der Waals surface area contributed by atoms with Crippen molar-refractivity contribution in [1.29, 1.82) is 0 Å². The lowest BCUT2D eigenvalue weighted by Crippen LogP contribution is -2.26. The Morgan fingerprint density at radius 1 is 1.50 bits per heavy atom. The Morgan fingerprint density at radius 3 is 2.60 bits per heavy atom. The van der Waals surface area contributed by atoms with Crippen molar-refractivity contribution in [3.8, 4) is 0 Å². The third-order valence-corrected chi connectivity index (χ3v) is 1.17. The monoisotopic (exact) mass is 136 g/mol. The molecule has 0 aromatic rings. The minimum absolute atomic E-state index is 0.144. The van der Waals surface area contributed by atoms with Gasteiger partial charge in [0.15, 0.2) is 0 Å². The van der Waals surface area contributed by atoms with Gasteiger partial charge in [-0.2, -0.15) is 4.79 Å². The van der Waals surface area contributed by atoms with Crippen molar-refractivity contribution < 1.29 is 14.4 Å². The molecule has 1 aliphatic carbocycles. The average Bonchev–Trinajstić information content (AvgIpc) is 1.88. The molecule has 1 rings (SSSR count). The molecule has 4 nitrogen and oxygen atoms in total. The molecule has 10 heavy (non-hydrogen) atoms. The van der Waals surface area contributed by atoms with E-state index in [9.17, 15) is 9.59 Å². The van der Waals surface area contributed by atoms with E-state index in [1.165, 1.54) is 12.2 Å². The average molecular weight is 136 g/mol. The predicted molar refractivity (Wildman–Crippen MR) is 32.4 cm³/mol. The summed E-state index contributed by atoms with van der Waals surface area (Å²) in [6, 6.07) is 0. The molecular formula is C6H4N2O2. The molecule has 0 unspecified atom stereocenters. The summed E-state index contributed by atoms with van der Waals surface area (Å²) in [5.41, 5.74) is 7.77. The minimum Gasteiger partial charge on any atom is -0.360 e. The second-order valence-electron chi connectivity index (χ2n) is 1.84. The second kappa shape index (κ2) is 2.37. The zero-order chi connectivity index (χ0) is 7.56. The first-order chi connectivity index (χ1) is 4.75. The number of carbonyl (C=O) groups is 2. The van der Waals surface area contributed by atoms with Crippen LogP contribution in [0.25, 0.3) is 5.53 Å². The van der Waals surface area contributed by atoms with Crippen LogP contribution in [-0.4, -0.2) is 22.1 Å². The normalized spacial score (nSPS) is 17.4. The summed E-state index contributed by atoms with van der Waals surface area (Å²) in [4.78, 5) is 23.9. The lowest BCUT2D eigenvalue weighted by atomic mass is 10.0. The summed E-state index contributed by atoms with van der Waals surface area (Å²) >= 11 is 0. The van der Waals surface area contributed by atoms with Gasteiger partial charge >= 0.3 is 5.71 Å². The van der Waals surface area contributed by atoms with Crippen LogP contribution in [0.15, 0.2) is 12.2 Å². The van der Waals surface area contributed by atoms with E-state index in [1.807, 2.05) is 0 Å². The maximum atomic E-state index is 10.7. The zero-order valence-corrected chi connectivity index (χ0v) is 5.07. The first kappa shape index (κ1) is 6.58. The maximum Gasteiger partial charge on any atom is 0.404 e. The highest BCUT2D eigenvalue weighted by Gasteiger charge is 2.28. The summed E-state index contributed by atoms with van der Waals surface area (Å²) in [5, 5.41) is 0. The molecule has 0 atom stereocenters. The Balaban J connectivity index is 3.12. The van der Waals surface area contributed by atoms with Gasteiger partial charge < -0.3 is 5.53 Å². The number of ketones is 2. The van der Waals surface area contributed by atoms with Crippen LogP contribution in [0.1, 0.15) is 6.42 Å². The fourth-order valence-electron chi connectivity index (χ4n) is 0.691. The Bertz CT molecular complexity index is 271. The standard InChI is InChI=1S/C6H4N2O2/c7-8-6-4(9)2-1-3-5(6)10/h1-2H,3H2. The molecule has 0 heterocycles. The lowest BCUT2D eigenvalue weighted by molar-refractivity contribution is -0.122. The van der Waals surface area contributed by atoms with Gasteiger partial charge in [-0.05, 0) is 6.08 Å². The second-order valence-corrected chi connectivity index (χ2v) is 1.84. The fourth-order valence-corrected chi connectivity index (χ4v) is 0.691. The van der Waals surface area contributed by atoms with Crippen molar-refractivity contribution in [1.82, 2.24) is 0 Å². The Morgan fingerprint density at radius 2 is 2.20 bits per heavy atom. The number of carbonyl (C=O) groups excluding carboxylic acids is 2. The van der Waals surface area contributed by atoms with E-state index >= 15 is 0 Å². The third kappa shape index (κ3) is 0.921. The highest BCUT2D eigenvalue weighted by molar-refractivity contribution is 6.67. The summed E-state index contributed by atoms with van der Waals surface area (Å²) in [5.74, 6) is -0.964. The lowest BCUT2D eigenvalue weighted by Gasteiger charge is -1.92. The summed E-state index contributed by atoms with van der Waals surface area (Å²) < 4.78 is 0. The SMILES string of the molecule is [N-]=[N+]=C1C(=O)C=CCC1=O. The summed E-state index contributed by atoms with van der Waals surface area (Å²) in [7, 11) is 0. The highest BCUT2D eigenvalue weighted by Crippen LogP contribution is 1.97. The van der Waals surface area contributed by atoms with Gasteiger partial charge in [-0.25, -0.2) is 0 Å². The first-order valence-corrected chi connectivity index (χ1v) is 2.72. The molecule has 0 bridgehead atoms. The topological polar surface area (TPSA) is 70.5 Å². The molecular weight excluding hydrogens is 132 g/mol. The number of Topliss-reactive ketones (excluding diaryl/α,β-unsaturated/α-hetero) is 1. The van der Waals surface area contributed by atoms with Crippen LogP contribution in [0.3, 0.4) is 0 Å². The number of rotatable bonds is 0. The number of hydrogen-bond donors (Lipinski definition) is 0. The summed E-state index contributed by atoms with van der Waals surface area (Å²) in [6.45, 7) is 0. The van der Waals surface area contributed by atoms with Crippen molar-refractivity contribution in [3.05, 3.63) is 17.7 Å². The van der Waals surface area contributed by atoms with Gasteiger partial charge in [0.25, 0.3) is 11.6 Å². The van der Waals surface area contributed by atoms with Crippen LogP contribution in [-0.2, 0) is 9.59 Å². The largest absolute Gasteiger partial charge is 0.404 e. The van der Waals surface area contributed by atoms with Crippen LogP contribution in [0.2, 0.25) is 0 Å². The van der Waals surface area contributed by atoms with Crippen LogP contribution >= 0.6 is 0 Å². The van der Waals surface area contributed by atoms with E-state index in [0.717, 1.165) is 0 Å². The smallest absolute Gasteiger partial charge is 0.360 e. The highest BCUT2D eigenvalue weighted by atomic mass is 16.2. The van der Waals surface area contributed by atoms with Crippen molar-refractivity contribution >= 4 is 17.3 Å². The zero-order valence-electron chi connectivity index (χ0n) is 5.07. The number of allylic oxidation sites excluding steroid dienone is 2. The van der Waals surface area contributed by atoms with Crippen molar-refractivity contribution in [2.75, 3.05) is 0 Å². The summed E-state index contributed by atoms with van der Waals surface area (Å²) in [6.07, 6.45) is 2.81. The molecule has 1 aliphatic rings. The Labute approximate surface area is 56.8 Å². The van der Waals surface area contributed by atoms with E-state index in [0.29, 0.717) is 0 Å². The van der Waals surface area contributed by atoms with E-state index < -0.39 is 11.6 Å². The van der Waals surface area contributed by atoms with Crippen LogP contribution in [0.4, 0.5) is 0 Å². The van der Waals surface area contributed by atoms with Gasteiger partial charge in [0.2, 0.25) is 0 Å². The van der Waals surface area contributed by atoms with Gasteiger partial charge in [0, 0.05) is 6.42 Å². The minimum atomic E-state index is -0.529. The molecule has 0 radical (unpaired) electrons. The maximum absolute atomic E-state index is 10.7. The Hall–Kier alpha value is -1.54. The van der Waals surface area contributed by atoms with E-state index in [2.05, 4.69) is 4.79 Å². The van der Waals surface area contributed by atoms with Crippen molar-refractivity contribution in [2.45, 2.75) is 6.42 Å². The van der Waals surface area contributed by atoms with Gasteiger partial charge in [-0.1, -0.05) is 6.08 Å². The molecule has 0 saturated heterocycles. The van der Waals surface area contributed by atoms with Crippen LogP contribution in [0.5, 0.6) is 0 Å². The molecule has 0 aromatic heterocycles. The predicted octanol–water partition coefficient (Wildman–Crippen LogP) is -0.245. The van der Waals surface area contributed by atoms with Gasteiger partial charge in [0.1, 0.15) is 0 Å². The van der Waals surface area contributed by atoms with Crippen molar-refractivity contribution in [3.63, 3.8) is 0 Å². The molecule has 4 heteroatoms. The molecule has 0 amide bonds. The molecule has 0 spiro atoms.